The van der Waals surface area contributed by atoms with Crippen LogP contribution in [0.1, 0.15) is 5.56 Å². The zero-order valence-electron chi connectivity index (χ0n) is 6.91. The van der Waals surface area contributed by atoms with E-state index in [-0.39, 0.29) is 0 Å². The van der Waals surface area contributed by atoms with Crippen LogP contribution in [0.25, 0.3) is 10.9 Å². The minimum Gasteiger partial charge on any atom is -0.399 e. The molecule has 12 heavy (non-hydrogen) atoms. The summed E-state index contributed by atoms with van der Waals surface area (Å²) in [5.41, 5.74) is 8.66. The highest BCUT2D eigenvalue weighted by Gasteiger charge is 1.97. The number of nitrogens with two attached hydrogens (primary N) is 1. The van der Waals surface area contributed by atoms with Crippen LogP contribution in [0.5, 0.6) is 0 Å². The highest BCUT2D eigenvalue weighted by atomic mass is 14.7. The largest absolute Gasteiger partial charge is 0.399 e. The molecule has 0 radical (unpaired) electrons. The molecule has 0 atom stereocenters. The molecule has 1 heterocycles. The topological polar surface area (TPSA) is 38.9 Å². The van der Waals surface area contributed by atoms with Crippen molar-refractivity contribution in [2.45, 2.75) is 6.92 Å². The van der Waals surface area contributed by atoms with Crippen molar-refractivity contribution >= 4 is 16.6 Å². The summed E-state index contributed by atoms with van der Waals surface area (Å²) in [6.45, 7) is 2.02. The Bertz CT molecular complexity index is 421. The van der Waals surface area contributed by atoms with Crippen molar-refractivity contribution in [2.24, 2.45) is 0 Å². The number of fused-ring (bicyclic) bond motifs is 1. The lowest BCUT2D eigenvalue weighted by atomic mass is 10.1. The maximum atomic E-state index is 5.70. The van der Waals surface area contributed by atoms with Crippen LogP contribution in [0.2, 0.25) is 0 Å². The predicted octanol–water partition coefficient (Wildman–Crippen LogP) is 2.13. The van der Waals surface area contributed by atoms with Gasteiger partial charge >= 0.3 is 0 Å². The van der Waals surface area contributed by atoms with Crippen LogP contribution in [0, 0.1) is 6.92 Å². The summed E-state index contributed by atoms with van der Waals surface area (Å²) in [6, 6.07) is 7.82. The van der Waals surface area contributed by atoms with Gasteiger partial charge in [-0.05, 0) is 30.7 Å². The van der Waals surface area contributed by atoms with Gasteiger partial charge in [0.05, 0.1) is 5.52 Å². The first-order valence-electron chi connectivity index (χ1n) is 3.88. The number of benzene rings is 1. The van der Waals surface area contributed by atoms with Gasteiger partial charge in [0.2, 0.25) is 0 Å². The Kier molecular flexibility index (Phi) is 1.47. The van der Waals surface area contributed by atoms with E-state index in [1.165, 1.54) is 0 Å². The van der Waals surface area contributed by atoms with E-state index >= 15 is 0 Å². The zero-order valence-corrected chi connectivity index (χ0v) is 6.91. The number of nitrogen functional groups attached to an aromatic ring is 1. The number of hydrogen-bond acceptors (Lipinski definition) is 2. The Labute approximate surface area is 71.0 Å². The summed E-state index contributed by atoms with van der Waals surface area (Å²) in [5, 5.41) is 1.11. The fourth-order valence-electron chi connectivity index (χ4n) is 1.40. The van der Waals surface area contributed by atoms with Gasteiger partial charge in [-0.25, -0.2) is 0 Å². The van der Waals surface area contributed by atoms with Crippen LogP contribution < -0.4 is 5.73 Å². The minimum absolute atomic E-state index is 0.799. The summed E-state index contributed by atoms with van der Waals surface area (Å²) in [5.74, 6) is 0. The van der Waals surface area contributed by atoms with Crippen LogP contribution in [0.3, 0.4) is 0 Å². The number of anilines is 1. The smallest absolute Gasteiger partial charge is 0.0732 e. The molecule has 0 unspecified atom stereocenters. The lowest BCUT2D eigenvalue weighted by Gasteiger charge is -2.01. The third-order valence-electron chi connectivity index (χ3n) is 1.92. The summed E-state index contributed by atoms with van der Waals surface area (Å²) in [6.07, 6.45) is 1.80. The maximum Gasteiger partial charge on any atom is 0.0732 e. The summed E-state index contributed by atoms with van der Waals surface area (Å²) in [7, 11) is 0. The van der Waals surface area contributed by atoms with Crippen molar-refractivity contribution in [3.63, 3.8) is 0 Å². The van der Waals surface area contributed by atoms with Gasteiger partial charge in [-0.15, -0.1) is 0 Å². The fraction of sp³-hybridized carbons (Fsp3) is 0.100. The van der Waals surface area contributed by atoms with Gasteiger partial charge in [-0.2, -0.15) is 0 Å². The number of aromatic nitrogens is 1. The van der Waals surface area contributed by atoms with Crippen LogP contribution in [-0.2, 0) is 0 Å². The molecule has 0 aliphatic carbocycles. The Morgan fingerprint density at radius 1 is 1.33 bits per heavy atom. The summed E-state index contributed by atoms with van der Waals surface area (Å²) in [4.78, 5) is 4.27. The van der Waals surface area contributed by atoms with E-state index in [4.69, 9.17) is 5.73 Å². The van der Waals surface area contributed by atoms with Crippen molar-refractivity contribution in [3.8, 4) is 0 Å². The molecule has 1 aromatic heterocycles. The molecule has 2 heteroatoms. The van der Waals surface area contributed by atoms with Gasteiger partial charge in [0.15, 0.2) is 0 Å². The second-order valence-electron chi connectivity index (χ2n) is 2.91. The van der Waals surface area contributed by atoms with Crippen molar-refractivity contribution in [1.29, 1.82) is 0 Å². The zero-order chi connectivity index (χ0) is 8.55. The molecular weight excluding hydrogens is 148 g/mol. The number of rotatable bonds is 0. The second-order valence-corrected chi connectivity index (χ2v) is 2.91. The van der Waals surface area contributed by atoms with Crippen LogP contribution in [0.4, 0.5) is 5.69 Å². The fourth-order valence-corrected chi connectivity index (χ4v) is 1.40. The van der Waals surface area contributed by atoms with Crippen molar-refractivity contribution in [3.05, 3.63) is 36.0 Å². The van der Waals surface area contributed by atoms with E-state index in [2.05, 4.69) is 4.98 Å². The molecule has 1 aromatic carbocycles. The molecule has 0 aliphatic heterocycles. The molecule has 0 amide bonds. The van der Waals surface area contributed by atoms with E-state index in [1.807, 2.05) is 31.2 Å². The number of hydrogen-bond donors (Lipinski definition) is 1. The van der Waals surface area contributed by atoms with Gasteiger partial charge in [-0.3, -0.25) is 4.98 Å². The first-order valence-corrected chi connectivity index (χ1v) is 3.88. The van der Waals surface area contributed by atoms with E-state index in [1.54, 1.807) is 6.20 Å². The standard InChI is InChI=1S/C10H10N2/c1-7-5-9(11)6-8-3-2-4-12-10(7)8/h2-6H,11H2,1H3. The van der Waals surface area contributed by atoms with Gasteiger partial charge in [-0.1, -0.05) is 6.07 Å². The van der Waals surface area contributed by atoms with E-state index < -0.39 is 0 Å². The maximum absolute atomic E-state index is 5.70. The normalized spacial score (nSPS) is 10.4. The molecule has 2 aromatic rings. The number of nitrogens with zero attached hydrogens (tertiary/aromatic N) is 1. The Morgan fingerprint density at radius 3 is 3.00 bits per heavy atom. The third-order valence-corrected chi connectivity index (χ3v) is 1.92. The van der Waals surface area contributed by atoms with Crippen LogP contribution in [0.15, 0.2) is 30.5 Å². The van der Waals surface area contributed by atoms with Crippen LogP contribution in [-0.4, -0.2) is 4.98 Å². The Morgan fingerprint density at radius 2 is 2.17 bits per heavy atom. The molecule has 0 bridgehead atoms. The third kappa shape index (κ3) is 1.01. The molecule has 0 spiro atoms. The highest BCUT2D eigenvalue weighted by Crippen LogP contribution is 2.18. The monoisotopic (exact) mass is 158 g/mol. The lowest BCUT2D eigenvalue weighted by molar-refractivity contribution is 1.37. The Balaban J connectivity index is 2.89. The van der Waals surface area contributed by atoms with Crippen molar-refractivity contribution < 1.29 is 0 Å². The van der Waals surface area contributed by atoms with E-state index in [9.17, 15) is 0 Å². The molecule has 0 fully saturated rings. The average molecular weight is 158 g/mol. The van der Waals surface area contributed by atoms with Crippen molar-refractivity contribution in [1.82, 2.24) is 4.98 Å². The molecule has 2 rings (SSSR count). The summed E-state index contributed by atoms with van der Waals surface area (Å²) < 4.78 is 0. The van der Waals surface area contributed by atoms with Gasteiger partial charge in [0, 0.05) is 17.3 Å². The number of pyridine rings is 1. The molecule has 0 saturated heterocycles. The predicted molar refractivity (Wildman–Crippen MR) is 50.9 cm³/mol. The van der Waals surface area contributed by atoms with E-state index in [0.717, 1.165) is 22.2 Å². The number of aryl methyl sites for hydroxylation is 1. The molecule has 0 aliphatic rings. The second kappa shape index (κ2) is 2.48. The first kappa shape index (κ1) is 7.10. The Hall–Kier alpha value is -1.57. The average Bonchev–Trinajstić information content (AvgIpc) is 2.04. The SMILES string of the molecule is Cc1cc(N)cc2cccnc12. The quantitative estimate of drug-likeness (QED) is 0.596. The van der Waals surface area contributed by atoms with E-state index in [0.29, 0.717) is 0 Å². The van der Waals surface area contributed by atoms with Crippen LogP contribution >= 0.6 is 0 Å². The molecule has 60 valence electrons. The van der Waals surface area contributed by atoms with Gasteiger partial charge in [0.1, 0.15) is 0 Å². The van der Waals surface area contributed by atoms with Crippen molar-refractivity contribution in [2.75, 3.05) is 5.73 Å². The lowest BCUT2D eigenvalue weighted by Crippen LogP contribution is -1.88. The first-order chi connectivity index (χ1) is 5.77. The van der Waals surface area contributed by atoms with Gasteiger partial charge in [0.25, 0.3) is 0 Å². The molecule has 2 N–H and O–H groups in total. The summed E-state index contributed by atoms with van der Waals surface area (Å²) >= 11 is 0. The molecular formula is C10H10N2. The molecule has 2 nitrogen and oxygen atoms in total. The highest BCUT2D eigenvalue weighted by molar-refractivity contribution is 5.84. The minimum atomic E-state index is 0.799. The van der Waals surface area contributed by atoms with Gasteiger partial charge < -0.3 is 5.73 Å². The molecule has 0 saturated carbocycles.